The van der Waals surface area contributed by atoms with Crippen LogP contribution in [0.5, 0.6) is 5.75 Å². The van der Waals surface area contributed by atoms with Gasteiger partial charge in [0.05, 0.1) is 6.61 Å². The first kappa shape index (κ1) is 21.3. The van der Waals surface area contributed by atoms with Gasteiger partial charge >= 0.3 is 0 Å². The van der Waals surface area contributed by atoms with Crippen molar-refractivity contribution in [2.75, 3.05) is 32.9 Å². The van der Waals surface area contributed by atoms with Crippen LogP contribution < -0.4 is 10.1 Å². The fourth-order valence-corrected chi connectivity index (χ4v) is 3.54. The number of nitrogens with one attached hydrogen (secondary N) is 1. The minimum Gasteiger partial charge on any atom is -0.491 e. The van der Waals surface area contributed by atoms with Gasteiger partial charge in [-0.1, -0.05) is 55.3 Å². The van der Waals surface area contributed by atoms with Crippen molar-refractivity contribution in [2.24, 2.45) is 0 Å². The summed E-state index contributed by atoms with van der Waals surface area (Å²) in [6.07, 6.45) is 5.30. The summed E-state index contributed by atoms with van der Waals surface area (Å²) in [4.78, 5) is 14.5. The second-order valence-electron chi connectivity index (χ2n) is 7.50. The summed E-state index contributed by atoms with van der Waals surface area (Å²) >= 11 is 0. The molecular formula is C24H32N2O3. The van der Waals surface area contributed by atoms with Crippen LogP contribution in [0.2, 0.25) is 0 Å². The SMILES string of the molecule is O=C(COCCOc1ccccc1)NCc1cccc(CN2CCCCCC2)c1. The van der Waals surface area contributed by atoms with Crippen LogP contribution in [0.1, 0.15) is 36.8 Å². The van der Waals surface area contributed by atoms with Gasteiger partial charge in [-0.2, -0.15) is 0 Å². The molecule has 0 bridgehead atoms. The molecule has 1 heterocycles. The number of para-hydroxylation sites is 1. The Hall–Kier alpha value is -2.37. The van der Waals surface area contributed by atoms with Crippen LogP contribution in [0.15, 0.2) is 54.6 Å². The lowest BCUT2D eigenvalue weighted by Gasteiger charge is -2.20. The van der Waals surface area contributed by atoms with Crippen LogP contribution in [-0.2, 0) is 22.6 Å². The molecule has 0 atom stereocenters. The van der Waals surface area contributed by atoms with Gasteiger partial charge in [0.1, 0.15) is 19.0 Å². The van der Waals surface area contributed by atoms with E-state index >= 15 is 0 Å². The average molecular weight is 397 g/mol. The molecule has 1 aliphatic heterocycles. The van der Waals surface area contributed by atoms with Gasteiger partial charge in [0, 0.05) is 13.1 Å². The predicted molar refractivity (Wildman–Crippen MR) is 115 cm³/mol. The molecule has 1 N–H and O–H groups in total. The minimum absolute atomic E-state index is 0.0472. The highest BCUT2D eigenvalue weighted by molar-refractivity contribution is 5.77. The Morgan fingerprint density at radius 1 is 0.897 bits per heavy atom. The van der Waals surface area contributed by atoms with Crippen molar-refractivity contribution in [3.05, 3.63) is 65.7 Å². The molecule has 1 aliphatic rings. The Bertz CT molecular complexity index is 728. The van der Waals surface area contributed by atoms with Gasteiger partial charge < -0.3 is 14.8 Å². The molecular weight excluding hydrogens is 364 g/mol. The largest absolute Gasteiger partial charge is 0.491 e. The smallest absolute Gasteiger partial charge is 0.246 e. The lowest BCUT2D eigenvalue weighted by molar-refractivity contribution is -0.126. The van der Waals surface area contributed by atoms with Crippen LogP contribution in [0.4, 0.5) is 0 Å². The number of amides is 1. The standard InChI is InChI=1S/C24H32N2O3/c27-24(20-28-15-16-29-23-11-4-3-5-12-23)25-18-21-9-8-10-22(17-21)19-26-13-6-1-2-7-14-26/h3-5,8-12,17H,1-2,6-7,13-16,18-20H2,(H,25,27). The Morgan fingerprint density at radius 3 is 2.45 bits per heavy atom. The number of hydrogen-bond acceptors (Lipinski definition) is 4. The van der Waals surface area contributed by atoms with Gasteiger partial charge in [0.25, 0.3) is 0 Å². The number of benzene rings is 2. The molecule has 1 amide bonds. The molecule has 0 radical (unpaired) electrons. The summed E-state index contributed by atoms with van der Waals surface area (Å²) in [7, 11) is 0. The van der Waals surface area contributed by atoms with Crippen molar-refractivity contribution in [1.29, 1.82) is 0 Å². The highest BCUT2D eigenvalue weighted by Gasteiger charge is 2.10. The van der Waals surface area contributed by atoms with Crippen molar-refractivity contribution in [3.63, 3.8) is 0 Å². The normalized spacial score (nSPS) is 14.9. The first-order valence-corrected chi connectivity index (χ1v) is 10.6. The van der Waals surface area contributed by atoms with E-state index in [0.29, 0.717) is 19.8 Å². The highest BCUT2D eigenvalue weighted by atomic mass is 16.5. The first-order chi connectivity index (χ1) is 14.3. The summed E-state index contributed by atoms with van der Waals surface area (Å²) in [5.41, 5.74) is 2.44. The zero-order valence-electron chi connectivity index (χ0n) is 17.1. The van der Waals surface area contributed by atoms with Crippen molar-refractivity contribution in [2.45, 2.75) is 38.8 Å². The van der Waals surface area contributed by atoms with E-state index in [1.54, 1.807) is 0 Å². The third-order valence-electron chi connectivity index (χ3n) is 5.06. The van der Waals surface area contributed by atoms with E-state index in [1.807, 2.05) is 30.3 Å². The Kier molecular flexibility index (Phi) is 9.01. The van der Waals surface area contributed by atoms with E-state index in [2.05, 4.69) is 34.5 Å². The van der Waals surface area contributed by atoms with Gasteiger partial charge in [-0.25, -0.2) is 0 Å². The fraction of sp³-hybridized carbons (Fsp3) is 0.458. The highest BCUT2D eigenvalue weighted by Crippen LogP contribution is 2.14. The number of rotatable bonds is 10. The number of carbonyl (C=O) groups is 1. The molecule has 5 nitrogen and oxygen atoms in total. The molecule has 3 rings (SSSR count). The molecule has 5 heteroatoms. The van der Waals surface area contributed by atoms with E-state index in [0.717, 1.165) is 17.9 Å². The Morgan fingerprint density at radius 2 is 1.66 bits per heavy atom. The average Bonchev–Trinajstić information content (AvgIpc) is 3.02. The zero-order valence-corrected chi connectivity index (χ0v) is 17.1. The van der Waals surface area contributed by atoms with Gasteiger partial charge in [0.2, 0.25) is 5.91 Å². The van der Waals surface area contributed by atoms with E-state index in [-0.39, 0.29) is 12.5 Å². The monoisotopic (exact) mass is 396 g/mol. The van der Waals surface area contributed by atoms with Crippen molar-refractivity contribution < 1.29 is 14.3 Å². The van der Waals surface area contributed by atoms with Crippen molar-refractivity contribution in [1.82, 2.24) is 10.2 Å². The maximum absolute atomic E-state index is 12.0. The molecule has 0 aromatic heterocycles. The Labute approximate surface area is 174 Å². The molecule has 156 valence electrons. The molecule has 2 aromatic carbocycles. The molecule has 2 aromatic rings. The van der Waals surface area contributed by atoms with Crippen molar-refractivity contribution >= 4 is 5.91 Å². The predicted octanol–water partition coefficient (Wildman–Crippen LogP) is 3.77. The summed E-state index contributed by atoms with van der Waals surface area (Å²) < 4.78 is 10.9. The van der Waals surface area contributed by atoms with Crippen LogP contribution in [0.25, 0.3) is 0 Å². The van der Waals surface area contributed by atoms with Crippen LogP contribution in [-0.4, -0.2) is 43.7 Å². The van der Waals surface area contributed by atoms with E-state index in [4.69, 9.17) is 9.47 Å². The second kappa shape index (κ2) is 12.2. The topological polar surface area (TPSA) is 50.8 Å². The minimum atomic E-state index is -0.109. The number of ether oxygens (including phenoxy) is 2. The summed E-state index contributed by atoms with van der Waals surface area (Å²) in [5, 5.41) is 2.93. The van der Waals surface area contributed by atoms with Gasteiger partial charge in [-0.15, -0.1) is 0 Å². The number of hydrogen-bond donors (Lipinski definition) is 1. The molecule has 0 unspecified atom stereocenters. The summed E-state index contributed by atoms with van der Waals surface area (Å²) in [6.45, 7) is 4.75. The lowest BCUT2D eigenvalue weighted by atomic mass is 10.1. The third-order valence-corrected chi connectivity index (χ3v) is 5.06. The van der Waals surface area contributed by atoms with Crippen LogP contribution in [0, 0.1) is 0 Å². The number of likely N-dealkylation sites (tertiary alicyclic amines) is 1. The molecule has 1 saturated heterocycles. The molecule has 1 fully saturated rings. The van der Waals surface area contributed by atoms with Gasteiger partial charge in [0.15, 0.2) is 0 Å². The molecule has 0 saturated carbocycles. The molecule has 0 aliphatic carbocycles. The van der Waals surface area contributed by atoms with Gasteiger partial charge in [-0.3, -0.25) is 9.69 Å². The number of carbonyl (C=O) groups excluding carboxylic acids is 1. The quantitative estimate of drug-likeness (QED) is 0.621. The zero-order chi connectivity index (χ0) is 20.2. The van der Waals surface area contributed by atoms with E-state index in [1.165, 1.54) is 44.3 Å². The van der Waals surface area contributed by atoms with Crippen LogP contribution >= 0.6 is 0 Å². The maximum atomic E-state index is 12.0. The van der Waals surface area contributed by atoms with Crippen LogP contribution in [0.3, 0.4) is 0 Å². The van der Waals surface area contributed by atoms with E-state index in [9.17, 15) is 4.79 Å². The van der Waals surface area contributed by atoms with Crippen molar-refractivity contribution in [3.8, 4) is 5.75 Å². The fourth-order valence-electron chi connectivity index (χ4n) is 3.54. The van der Waals surface area contributed by atoms with E-state index < -0.39 is 0 Å². The number of nitrogens with zero attached hydrogens (tertiary/aromatic N) is 1. The first-order valence-electron chi connectivity index (χ1n) is 10.6. The molecule has 0 spiro atoms. The lowest BCUT2D eigenvalue weighted by Crippen LogP contribution is -2.28. The molecule has 29 heavy (non-hydrogen) atoms. The van der Waals surface area contributed by atoms with Gasteiger partial charge in [-0.05, 0) is 49.2 Å². The maximum Gasteiger partial charge on any atom is 0.246 e. The summed E-state index contributed by atoms with van der Waals surface area (Å²) in [6, 6.07) is 18.1. The third kappa shape index (κ3) is 8.26. The summed E-state index contributed by atoms with van der Waals surface area (Å²) in [5.74, 6) is 0.697. The Balaban J connectivity index is 1.32. The second-order valence-corrected chi connectivity index (χ2v) is 7.50.